The van der Waals surface area contributed by atoms with Gasteiger partial charge in [-0.3, -0.25) is 9.36 Å². The van der Waals surface area contributed by atoms with E-state index in [1.165, 1.54) is 0 Å². The average Bonchev–Trinajstić information content (AvgIpc) is 3.19. The van der Waals surface area contributed by atoms with E-state index in [0.717, 1.165) is 31.4 Å². The molecule has 198 valence electrons. The molecule has 2 aromatic heterocycles. The molecule has 0 unspecified atom stereocenters. The zero-order chi connectivity index (χ0) is 26.3. The molecule has 0 aliphatic heterocycles. The standard InChI is InChI=1S/C25H30ClF2N7O2/c1-25(22(29)37)7-5-15(6-8-25)35-21-19(12-30-23(34-21)31-14-3-2-4-16(36)11-14)32-24(35)33-20-17(26)9-13(27)10-18(20)28/h9-10,12,14-16,36H,2-8,11H2,1H3,(H2,29,37)(H,32,33)(H,30,31,34)/t14-,15-,16+,25-/m1/s1. The molecule has 2 aliphatic carbocycles. The smallest absolute Gasteiger partial charge is 0.224 e. The second-order valence-electron chi connectivity index (χ2n) is 10.4. The molecule has 2 heterocycles. The van der Waals surface area contributed by atoms with Crippen molar-refractivity contribution in [2.75, 3.05) is 10.6 Å². The Morgan fingerprint density at radius 3 is 2.65 bits per heavy atom. The number of hydrogen-bond donors (Lipinski definition) is 4. The van der Waals surface area contributed by atoms with Crippen LogP contribution in [0, 0.1) is 17.0 Å². The molecule has 2 fully saturated rings. The number of carbonyl (C=O) groups is 1. The van der Waals surface area contributed by atoms with Gasteiger partial charge in [0.25, 0.3) is 0 Å². The zero-order valence-corrected chi connectivity index (χ0v) is 21.2. The van der Waals surface area contributed by atoms with Gasteiger partial charge in [-0.25, -0.2) is 18.7 Å². The number of nitrogens with one attached hydrogen (secondary N) is 2. The number of carbonyl (C=O) groups excluding carboxylic acids is 1. The number of nitrogens with two attached hydrogens (primary N) is 1. The number of anilines is 3. The molecule has 5 rings (SSSR count). The average molecular weight is 534 g/mol. The third-order valence-electron chi connectivity index (χ3n) is 7.67. The topological polar surface area (TPSA) is 131 Å². The normalized spacial score (nSPS) is 26.2. The van der Waals surface area contributed by atoms with Crippen molar-refractivity contribution in [1.82, 2.24) is 19.5 Å². The Kier molecular flexibility index (Phi) is 6.93. The SMILES string of the molecule is C[C@]1(C(N)=O)CC[C@H](n2c(Nc3c(F)cc(F)cc3Cl)nc3cnc(N[C@@H]4CCC[C@H](O)C4)nc32)CC1. The molecule has 0 radical (unpaired) electrons. The van der Waals surface area contributed by atoms with Crippen LogP contribution in [0.15, 0.2) is 18.3 Å². The van der Waals surface area contributed by atoms with E-state index in [1.807, 2.05) is 11.5 Å². The molecule has 2 aliphatic rings. The van der Waals surface area contributed by atoms with Crippen molar-refractivity contribution in [2.45, 2.75) is 76.5 Å². The number of rotatable bonds is 6. The molecule has 5 N–H and O–H groups in total. The van der Waals surface area contributed by atoms with Gasteiger partial charge in [0.15, 0.2) is 11.5 Å². The van der Waals surface area contributed by atoms with E-state index in [4.69, 9.17) is 22.3 Å². The van der Waals surface area contributed by atoms with Gasteiger partial charge >= 0.3 is 0 Å². The Hall–Kier alpha value is -3.05. The predicted molar refractivity (Wildman–Crippen MR) is 137 cm³/mol. The lowest BCUT2D eigenvalue weighted by molar-refractivity contribution is -0.128. The fraction of sp³-hybridized carbons (Fsp3) is 0.520. The van der Waals surface area contributed by atoms with Crippen LogP contribution >= 0.6 is 11.6 Å². The number of primary amides is 1. The highest BCUT2D eigenvalue weighted by Crippen LogP contribution is 2.43. The summed E-state index contributed by atoms with van der Waals surface area (Å²) in [4.78, 5) is 25.8. The Labute approximate surface area is 217 Å². The number of imidazole rings is 1. The maximum atomic E-state index is 14.6. The lowest BCUT2D eigenvalue weighted by Crippen LogP contribution is -2.38. The molecule has 0 saturated heterocycles. The third-order valence-corrected chi connectivity index (χ3v) is 7.97. The molecule has 0 spiro atoms. The summed E-state index contributed by atoms with van der Waals surface area (Å²) in [5, 5.41) is 16.2. The largest absolute Gasteiger partial charge is 0.393 e. The van der Waals surface area contributed by atoms with Crippen molar-refractivity contribution in [3.05, 3.63) is 35.0 Å². The summed E-state index contributed by atoms with van der Waals surface area (Å²) in [6.07, 6.45) is 6.86. The van der Waals surface area contributed by atoms with E-state index in [1.54, 1.807) is 6.20 Å². The summed E-state index contributed by atoms with van der Waals surface area (Å²) in [6.45, 7) is 1.87. The molecule has 1 amide bonds. The number of halogens is 3. The number of fused-ring (bicyclic) bond motifs is 1. The molecule has 12 heteroatoms. The van der Waals surface area contributed by atoms with Crippen molar-refractivity contribution < 1.29 is 18.7 Å². The molecule has 9 nitrogen and oxygen atoms in total. The number of amides is 1. The lowest BCUT2D eigenvalue weighted by Gasteiger charge is -2.35. The van der Waals surface area contributed by atoms with Gasteiger partial charge < -0.3 is 21.5 Å². The number of aliphatic hydroxyl groups excluding tert-OH is 1. The third kappa shape index (κ3) is 5.19. The Morgan fingerprint density at radius 1 is 1.22 bits per heavy atom. The minimum absolute atomic E-state index is 0.0493. The highest BCUT2D eigenvalue weighted by molar-refractivity contribution is 6.33. The molecule has 2 atom stereocenters. The van der Waals surface area contributed by atoms with Gasteiger partial charge in [-0.1, -0.05) is 18.5 Å². The van der Waals surface area contributed by atoms with Gasteiger partial charge in [0.2, 0.25) is 17.8 Å². The minimum Gasteiger partial charge on any atom is -0.393 e. The molecular formula is C25H30ClF2N7O2. The van der Waals surface area contributed by atoms with E-state index in [2.05, 4.69) is 20.6 Å². The first-order valence-corrected chi connectivity index (χ1v) is 12.9. The first-order chi connectivity index (χ1) is 17.6. The molecule has 3 aromatic rings. The molecule has 2 saturated carbocycles. The number of aromatic nitrogens is 4. The fourth-order valence-electron chi connectivity index (χ4n) is 5.39. The van der Waals surface area contributed by atoms with Gasteiger partial charge in [-0.2, -0.15) is 4.98 Å². The Morgan fingerprint density at radius 2 is 1.97 bits per heavy atom. The van der Waals surface area contributed by atoms with Crippen LogP contribution in [0.5, 0.6) is 0 Å². The van der Waals surface area contributed by atoms with Crippen molar-refractivity contribution in [2.24, 2.45) is 11.1 Å². The van der Waals surface area contributed by atoms with E-state index in [9.17, 15) is 18.7 Å². The zero-order valence-electron chi connectivity index (χ0n) is 20.5. The Bertz CT molecular complexity index is 1300. The summed E-state index contributed by atoms with van der Waals surface area (Å²) in [6, 6.07) is 1.72. The van der Waals surface area contributed by atoms with Crippen LogP contribution in [-0.2, 0) is 4.79 Å². The van der Waals surface area contributed by atoms with Gasteiger partial charge in [0, 0.05) is 23.6 Å². The highest BCUT2D eigenvalue weighted by Gasteiger charge is 2.38. The predicted octanol–water partition coefficient (Wildman–Crippen LogP) is 4.82. The highest BCUT2D eigenvalue weighted by atomic mass is 35.5. The summed E-state index contributed by atoms with van der Waals surface area (Å²) in [5.41, 5.74) is 5.97. The summed E-state index contributed by atoms with van der Waals surface area (Å²) < 4.78 is 30.1. The van der Waals surface area contributed by atoms with Crippen molar-refractivity contribution in [1.29, 1.82) is 0 Å². The van der Waals surface area contributed by atoms with Gasteiger partial charge in [0.1, 0.15) is 11.3 Å². The monoisotopic (exact) mass is 533 g/mol. The van der Waals surface area contributed by atoms with E-state index >= 15 is 0 Å². The first-order valence-electron chi connectivity index (χ1n) is 12.5. The van der Waals surface area contributed by atoms with Crippen LogP contribution in [0.3, 0.4) is 0 Å². The van der Waals surface area contributed by atoms with Crippen LogP contribution < -0.4 is 16.4 Å². The summed E-state index contributed by atoms with van der Waals surface area (Å²) in [7, 11) is 0. The summed E-state index contributed by atoms with van der Waals surface area (Å²) in [5.74, 6) is -1.27. The maximum absolute atomic E-state index is 14.6. The fourth-order valence-corrected chi connectivity index (χ4v) is 5.63. The maximum Gasteiger partial charge on any atom is 0.224 e. The van der Waals surface area contributed by atoms with Crippen LogP contribution in [0.1, 0.15) is 64.3 Å². The van der Waals surface area contributed by atoms with E-state index in [-0.39, 0.29) is 40.8 Å². The minimum atomic E-state index is -0.849. The second kappa shape index (κ2) is 10.0. The van der Waals surface area contributed by atoms with Crippen LogP contribution in [-0.4, -0.2) is 42.7 Å². The quantitative estimate of drug-likeness (QED) is 0.357. The van der Waals surface area contributed by atoms with Crippen molar-refractivity contribution in [3.63, 3.8) is 0 Å². The van der Waals surface area contributed by atoms with E-state index in [0.29, 0.717) is 49.2 Å². The van der Waals surface area contributed by atoms with Crippen LogP contribution in [0.4, 0.5) is 26.4 Å². The van der Waals surface area contributed by atoms with Crippen LogP contribution in [0.2, 0.25) is 5.02 Å². The molecular weight excluding hydrogens is 504 g/mol. The molecule has 0 bridgehead atoms. The van der Waals surface area contributed by atoms with Gasteiger partial charge in [-0.15, -0.1) is 0 Å². The van der Waals surface area contributed by atoms with E-state index < -0.39 is 17.0 Å². The van der Waals surface area contributed by atoms with Gasteiger partial charge in [0.05, 0.1) is 23.0 Å². The number of aliphatic hydroxyl groups is 1. The Balaban J connectivity index is 1.52. The van der Waals surface area contributed by atoms with Gasteiger partial charge in [-0.05, 0) is 57.4 Å². The number of hydrogen-bond acceptors (Lipinski definition) is 7. The number of benzene rings is 1. The van der Waals surface area contributed by atoms with Crippen LogP contribution in [0.25, 0.3) is 11.2 Å². The lowest BCUT2D eigenvalue weighted by atomic mass is 9.73. The van der Waals surface area contributed by atoms with Crippen molar-refractivity contribution in [3.8, 4) is 0 Å². The molecule has 1 aromatic carbocycles. The molecule has 37 heavy (non-hydrogen) atoms. The van der Waals surface area contributed by atoms with Crippen molar-refractivity contribution >= 4 is 46.3 Å². The summed E-state index contributed by atoms with van der Waals surface area (Å²) >= 11 is 6.15. The number of nitrogens with zero attached hydrogens (tertiary/aromatic N) is 4. The first kappa shape index (κ1) is 25.6. The second-order valence-corrected chi connectivity index (χ2v) is 10.8.